The first kappa shape index (κ1) is 26.5. The van der Waals surface area contributed by atoms with Crippen LogP contribution in [0.5, 0.6) is 0 Å². The van der Waals surface area contributed by atoms with Gasteiger partial charge in [0, 0.05) is 23.9 Å². The Morgan fingerprint density at radius 3 is 2.12 bits per heavy atom. The molecule has 0 bridgehead atoms. The zero-order valence-electron chi connectivity index (χ0n) is 20.8. The first-order valence-corrected chi connectivity index (χ1v) is 12.4. The number of carbonyl (C=O) groups is 2. The predicted molar refractivity (Wildman–Crippen MR) is 128 cm³/mol. The molecule has 32 heavy (non-hydrogen) atoms. The van der Waals surface area contributed by atoms with Gasteiger partial charge in [0.1, 0.15) is 12.2 Å². The van der Waals surface area contributed by atoms with Crippen LogP contribution in [0.4, 0.5) is 0 Å². The number of rotatable bonds is 13. The lowest BCUT2D eigenvalue weighted by molar-refractivity contribution is -0.306. The minimum Gasteiger partial charge on any atom is -0.459 e. The van der Waals surface area contributed by atoms with Crippen LogP contribution in [0.2, 0.25) is 0 Å². The largest absolute Gasteiger partial charge is 0.459 e. The lowest BCUT2D eigenvalue weighted by Crippen LogP contribution is -2.63. The van der Waals surface area contributed by atoms with Gasteiger partial charge in [0.15, 0.2) is 6.29 Å². The molecule has 1 aliphatic rings. The number of esters is 1. The Hall–Kier alpha value is -1.72. The van der Waals surface area contributed by atoms with E-state index in [4.69, 9.17) is 9.57 Å². The highest BCUT2D eigenvalue weighted by Crippen LogP contribution is 2.40. The molecule has 0 amide bonds. The van der Waals surface area contributed by atoms with Crippen molar-refractivity contribution in [3.8, 4) is 0 Å². The Bertz CT molecular complexity index is 683. The maximum Gasteiger partial charge on any atom is 0.338 e. The number of nitrogens with zero attached hydrogens (tertiary/aromatic N) is 1. The molecule has 1 unspecified atom stereocenters. The van der Waals surface area contributed by atoms with E-state index in [0.29, 0.717) is 18.4 Å². The highest BCUT2D eigenvalue weighted by molar-refractivity contribution is 5.89. The topological polar surface area (TPSA) is 55.8 Å². The fraction of sp³-hybridized carbons (Fsp3) is 0.704. The van der Waals surface area contributed by atoms with Crippen LogP contribution in [0.25, 0.3) is 0 Å². The molecule has 1 saturated heterocycles. The molecule has 0 N–H and O–H groups in total. The van der Waals surface area contributed by atoms with Crippen LogP contribution < -0.4 is 0 Å². The number of unbranched alkanes of at least 4 members (excludes halogenated alkanes) is 6. The zero-order chi connectivity index (χ0) is 23.6. The van der Waals surface area contributed by atoms with Crippen molar-refractivity contribution in [2.45, 2.75) is 122 Å². The number of aldehydes is 1. The fourth-order valence-electron chi connectivity index (χ4n) is 4.92. The Morgan fingerprint density at radius 2 is 1.56 bits per heavy atom. The number of benzene rings is 1. The Labute approximate surface area is 194 Å². The van der Waals surface area contributed by atoms with Crippen molar-refractivity contribution in [2.75, 3.05) is 0 Å². The molecule has 5 nitrogen and oxygen atoms in total. The molecule has 0 radical (unpaired) electrons. The molecule has 1 atom stereocenters. The summed E-state index contributed by atoms with van der Waals surface area (Å²) in [4.78, 5) is 30.6. The van der Waals surface area contributed by atoms with Gasteiger partial charge in [-0.05, 0) is 46.2 Å². The molecule has 1 fully saturated rings. The zero-order valence-corrected chi connectivity index (χ0v) is 20.8. The normalized spacial score (nSPS) is 19.4. The number of carbonyl (C=O) groups excluding carboxylic acids is 2. The number of hydrogen-bond donors (Lipinski definition) is 0. The quantitative estimate of drug-likeness (QED) is 0.197. The van der Waals surface area contributed by atoms with Crippen LogP contribution in [0.3, 0.4) is 0 Å². The molecular weight excluding hydrogens is 402 g/mol. The third-order valence-corrected chi connectivity index (χ3v) is 6.32. The smallest absolute Gasteiger partial charge is 0.338 e. The monoisotopic (exact) mass is 445 g/mol. The molecule has 0 saturated carbocycles. The van der Waals surface area contributed by atoms with Crippen LogP contribution in [0, 0.1) is 0 Å². The molecule has 1 aliphatic heterocycles. The van der Waals surface area contributed by atoms with Crippen molar-refractivity contribution in [1.82, 2.24) is 5.06 Å². The van der Waals surface area contributed by atoms with E-state index in [1.54, 1.807) is 12.1 Å². The Balaban J connectivity index is 1.90. The van der Waals surface area contributed by atoms with E-state index in [-0.39, 0.29) is 23.2 Å². The molecule has 1 aromatic carbocycles. The van der Waals surface area contributed by atoms with Gasteiger partial charge in [0.25, 0.3) is 0 Å². The predicted octanol–water partition coefficient (Wildman–Crippen LogP) is 6.50. The Kier molecular flexibility index (Phi) is 10.4. The van der Waals surface area contributed by atoms with Gasteiger partial charge in [-0.1, -0.05) is 70.1 Å². The molecular formula is C27H43NO4. The summed E-state index contributed by atoms with van der Waals surface area (Å²) < 4.78 is 5.86. The first-order chi connectivity index (χ1) is 15.2. The van der Waals surface area contributed by atoms with Crippen LogP contribution >= 0.6 is 0 Å². The van der Waals surface area contributed by atoms with E-state index in [1.807, 2.05) is 23.3 Å². The summed E-state index contributed by atoms with van der Waals surface area (Å²) in [6.07, 6.45) is 10.8. The molecule has 5 heteroatoms. The van der Waals surface area contributed by atoms with Crippen molar-refractivity contribution >= 4 is 12.3 Å². The standard InChI is InChI=1S/C27H43NO4/c1-6-7-8-9-10-11-15-18-23(21-29)32-28-26(2,3)19-24(20-27(28,4)5)31-25(30)22-16-13-12-14-17-22/h12-14,16-17,21,23-24H,6-11,15,18-20H2,1-5H3. The second-order valence-corrected chi connectivity index (χ2v) is 10.4. The van der Waals surface area contributed by atoms with Crippen molar-refractivity contribution in [3.63, 3.8) is 0 Å². The number of hydrogen-bond acceptors (Lipinski definition) is 5. The van der Waals surface area contributed by atoms with Crippen LogP contribution in [-0.4, -0.2) is 40.6 Å². The summed E-state index contributed by atoms with van der Waals surface area (Å²) in [6.45, 7) is 10.6. The molecule has 2 rings (SSSR count). The van der Waals surface area contributed by atoms with Crippen molar-refractivity contribution in [1.29, 1.82) is 0 Å². The van der Waals surface area contributed by atoms with Gasteiger partial charge in [0.05, 0.1) is 5.56 Å². The van der Waals surface area contributed by atoms with E-state index in [2.05, 4.69) is 34.6 Å². The minimum absolute atomic E-state index is 0.203. The van der Waals surface area contributed by atoms with Crippen LogP contribution in [0.15, 0.2) is 30.3 Å². The lowest BCUT2D eigenvalue weighted by atomic mass is 9.80. The summed E-state index contributed by atoms with van der Waals surface area (Å²) in [7, 11) is 0. The Morgan fingerprint density at radius 1 is 1.00 bits per heavy atom. The maximum absolute atomic E-state index is 12.6. The maximum atomic E-state index is 12.6. The second kappa shape index (κ2) is 12.5. The van der Waals surface area contributed by atoms with E-state index < -0.39 is 6.10 Å². The molecule has 1 aromatic rings. The van der Waals surface area contributed by atoms with Crippen LogP contribution in [0.1, 0.15) is 109 Å². The SMILES string of the molecule is CCCCCCCCCC(C=O)ON1C(C)(C)CC(OC(=O)c2ccccc2)CC1(C)C. The summed E-state index contributed by atoms with van der Waals surface area (Å²) in [5.74, 6) is -0.290. The van der Waals surface area contributed by atoms with Crippen molar-refractivity contribution < 1.29 is 19.2 Å². The minimum atomic E-state index is -0.437. The van der Waals surface area contributed by atoms with E-state index >= 15 is 0 Å². The van der Waals surface area contributed by atoms with Gasteiger partial charge in [-0.3, -0.25) is 4.84 Å². The molecule has 0 spiro atoms. The molecule has 0 aliphatic carbocycles. The summed E-state index contributed by atoms with van der Waals surface area (Å²) in [6, 6.07) is 9.11. The number of piperidine rings is 1. The molecule has 0 aromatic heterocycles. The fourth-order valence-corrected chi connectivity index (χ4v) is 4.92. The van der Waals surface area contributed by atoms with Crippen molar-refractivity contribution in [3.05, 3.63) is 35.9 Å². The first-order valence-electron chi connectivity index (χ1n) is 12.4. The van der Waals surface area contributed by atoms with Gasteiger partial charge >= 0.3 is 5.97 Å². The van der Waals surface area contributed by atoms with Crippen LogP contribution in [-0.2, 0) is 14.4 Å². The lowest BCUT2D eigenvalue weighted by Gasteiger charge is -2.53. The average Bonchev–Trinajstić information content (AvgIpc) is 2.74. The molecule has 180 valence electrons. The van der Waals surface area contributed by atoms with Gasteiger partial charge in [-0.25, -0.2) is 4.79 Å². The average molecular weight is 446 g/mol. The van der Waals surface area contributed by atoms with E-state index in [0.717, 1.165) is 25.5 Å². The summed E-state index contributed by atoms with van der Waals surface area (Å²) >= 11 is 0. The highest BCUT2D eigenvalue weighted by atomic mass is 16.7. The van der Waals surface area contributed by atoms with Crippen molar-refractivity contribution in [2.24, 2.45) is 0 Å². The van der Waals surface area contributed by atoms with E-state index in [1.165, 1.54) is 32.1 Å². The van der Waals surface area contributed by atoms with Gasteiger partial charge in [-0.2, -0.15) is 5.06 Å². The highest BCUT2D eigenvalue weighted by Gasteiger charge is 2.48. The third-order valence-electron chi connectivity index (χ3n) is 6.32. The van der Waals surface area contributed by atoms with Gasteiger partial charge < -0.3 is 9.53 Å². The van der Waals surface area contributed by atoms with Gasteiger partial charge in [-0.15, -0.1) is 0 Å². The summed E-state index contributed by atoms with van der Waals surface area (Å²) in [5, 5.41) is 1.98. The number of hydroxylamine groups is 2. The summed E-state index contributed by atoms with van der Waals surface area (Å²) in [5.41, 5.74) is -0.173. The number of ether oxygens (including phenoxy) is 1. The second-order valence-electron chi connectivity index (χ2n) is 10.4. The third kappa shape index (κ3) is 8.00. The molecule has 1 heterocycles. The van der Waals surface area contributed by atoms with Gasteiger partial charge in [0.2, 0.25) is 0 Å². The van der Waals surface area contributed by atoms with E-state index in [9.17, 15) is 9.59 Å².